The number of fused-ring (bicyclic) bond motifs is 2. The Kier molecular flexibility index (Phi) is 3.43. The van der Waals surface area contributed by atoms with Crippen molar-refractivity contribution >= 4 is 11.8 Å². The first kappa shape index (κ1) is 10.8. The van der Waals surface area contributed by atoms with Crippen LogP contribution in [0.15, 0.2) is 0 Å². The van der Waals surface area contributed by atoms with Crippen LogP contribution in [0.25, 0.3) is 0 Å². The lowest BCUT2D eigenvalue weighted by atomic mass is 9.71. The molecule has 2 fully saturated rings. The molecule has 2 saturated carbocycles. The first-order chi connectivity index (χ1) is 6.80. The highest BCUT2D eigenvalue weighted by atomic mass is 32.2. The van der Waals surface area contributed by atoms with Crippen LogP contribution in [0.5, 0.6) is 0 Å². The van der Waals surface area contributed by atoms with Crippen LogP contribution in [0.3, 0.4) is 0 Å². The van der Waals surface area contributed by atoms with E-state index in [1.165, 1.54) is 44.4 Å². The highest BCUT2D eigenvalue weighted by Crippen LogP contribution is 2.57. The Hall–Kier alpha value is 0.310. The van der Waals surface area contributed by atoms with Gasteiger partial charge in [0.05, 0.1) is 0 Å². The molecule has 1 N–H and O–H groups in total. The summed E-state index contributed by atoms with van der Waals surface area (Å²) < 4.78 is 0. The predicted octanol–water partition coefficient (Wildman–Crippen LogP) is 2.77. The third kappa shape index (κ3) is 1.83. The molecule has 2 aliphatic carbocycles. The topological polar surface area (TPSA) is 12.0 Å². The van der Waals surface area contributed by atoms with Crippen LogP contribution >= 0.6 is 11.8 Å². The Morgan fingerprint density at radius 2 is 2.29 bits per heavy atom. The molecule has 82 valence electrons. The van der Waals surface area contributed by atoms with Gasteiger partial charge < -0.3 is 5.32 Å². The number of nitrogens with one attached hydrogen (secondary N) is 1. The lowest BCUT2D eigenvalue weighted by Gasteiger charge is -2.37. The smallest absolute Gasteiger partial charge is 0.000786 e. The van der Waals surface area contributed by atoms with Crippen LogP contribution in [0.2, 0.25) is 0 Å². The first-order valence-electron chi connectivity index (χ1n) is 5.94. The van der Waals surface area contributed by atoms with Crippen molar-refractivity contribution in [1.82, 2.24) is 5.32 Å². The van der Waals surface area contributed by atoms with E-state index in [-0.39, 0.29) is 0 Å². The number of hydrogen-bond acceptors (Lipinski definition) is 2. The first-order valence-corrected chi connectivity index (χ1v) is 7.33. The Labute approximate surface area is 92.4 Å². The van der Waals surface area contributed by atoms with Crippen molar-refractivity contribution in [3.05, 3.63) is 0 Å². The van der Waals surface area contributed by atoms with Crippen LogP contribution in [0.4, 0.5) is 0 Å². The van der Waals surface area contributed by atoms with Gasteiger partial charge in [-0.2, -0.15) is 11.8 Å². The molecular formula is C12H23NS. The molecule has 2 aliphatic rings. The molecule has 0 aliphatic heterocycles. The van der Waals surface area contributed by atoms with Crippen molar-refractivity contribution in [2.24, 2.45) is 17.3 Å². The number of rotatable bonds is 5. The zero-order chi connectivity index (χ0) is 10.0. The second-order valence-electron chi connectivity index (χ2n) is 5.22. The molecule has 0 amide bonds. The SMILES string of the molecule is CNCC1(CCSC)CC2CCC1C2. The molecule has 0 radical (unpaired) electrons. The van der Waals surface area contributed by atoms with Crippen LogP contribution < -0.4 is 5.32 Å². The third-order valence-corrected chi connectivity index (χ3v) is 5.05. The standard InChI is InChI=1S/C12H23NS/c1-13-9-12(5-6-14-2)8-10-3-4-11(12)7-10/h10-11,13H,3-9H2,1-2H3. The minimum atomic E-state index is 0.681. The fourth-order valence-corrected chi connectivity index (χ4v) is 4.44. The predicted molar refractivity (Wildman–Crippen MR) is 64.8 cm³/mol. The highest BCUT2D eigenvalue weighted by Gasteiger charge is 2.49. The monoisotopic (exact) mass is 213 g/mol. The Morgan fingerprint density at radius 3 is 2.79 bits per heavy atom. The maximum absolute atomic E-state index is 3.43. The van der Waals surface area contributed by atoms with Gasteiger partial charge in [0, 0.05) is 6.54 Å². The van der Waals surface area contributed by atoms with Crippen LogP contribution in [0.1, 0.15) is 32.1 Å². The largest absolute Gasteiger partial charge is 0.319 e. The highest BCUT2D eigenvalue weighted by molar-refractivity contribution is 7.98. The van der Waals surface area contributed by atoms with Crippen LogP contribution in [-0.4, -0.2) is 25.6 Å². The summed E-state index contributed by atoms with van der Waals surface area (Å²) in [5.74, 6) is 3.48. The zero-order valence-electron chi connectivity index (χ0n) is 9.51. The molecule has 2 heteroatoms. The minimum absolute atomic E-state index is 0.681. The zero-order valence-corrected chi connectivity index (χ0v) is 10.3. The van der Waals surface area contributed by atoms with E-state index in [1.54, 1.807) is 0 Å². The van der Waals surface area contributed by atoms with E-state index in [1.807, 2.05) is 11.8 Å². The number of thioether (sulfide) groups is 1. The van der Waals surface area contributed by atoms with Gasteiger partial charge in [-0.25, -0.2) is 0 Å². The summed E-state index contributed by atoms with van der Waals surface area (Å²) in [5.41, 5.74) is 0.681. The van der Waals surface area contributed by atoms with Crippen molar-refractivity contribution in [1.29, 1.82) is 0 Å². The second kappa shape index (κ2) is 4.44. The van der Waals surface area contributed by atoms with E-state index in [0.717, 1.165) is 11.8 Å². The summed E-state index contributed by atoms with van der Waals surface area (Å²) >= 11 is 2.01. The second-order valence-corrected chi connectivity index (χ2v) is 6.20. The van der Waals surface area contributed by atoms with Crippen molar-refractivity contribution in [2.45, 2.75) is 32.1 Å². The van der Waals surface area contributed by atoms with Crippen LogP contribution in [0, 0.1) is 17.3 Å². The van der Waals surface area contributed by atoms with Crippen LogP contribution in [-0.2, 0) is 0 Å². The van der Waals surface area contributed by atoms with Crippen molar-refractivity contribution in [3.63, 3.8) is 0 Å². The van der Waals surface area contributed by atoms with Gasteiger partial charge in [0.25, 0.3) is 0 Å². The van der Waals surface area contributed by atoms with Gasteiger partial charge in [-0.1, -0.05) is 6.42 Å². The molecular weight excluding hydrogens is 190 g/mol. The van der Waals surface area contributed by atoms with Gasteiger partial charge in [0.1, 0.15) is 0 Å². The third-order valence-electron chi connectivity index (χ3n) is 4.44. The summed E-state index contributed by atoms with van der Waals surface area (Å²) in [6, 6.07) is 0. The lowest BCUT2D eigenvalue weighted by molar-refractivity contribution is 0.156. The maximum atomic E-state index is 3.43. The van der Waals surface area contributed by atoms with Crippen molar-refractivity contribution < 1.29 is 0 Å². The Bertz CT molecular complexity index is 195. The lowest BCUT2D eigenvalue weighted by Crippen LogP contribution is -2.37. The summed E-state index contributed by atoms with van der Waals surface area (Å²) in [4.78, 5) is 0. The summed E-state index contributed by atoms with van der Waals surface area (Å²) in [6.07, 6.45) is 9.77. The van der Waals surface area contributed by atoms with E-state index >= 15 is 0 Å². The molecule has 14 heavy (non-hydrogen) atoms. The molecule has 0 heterocycles. The van der Waals surface area contributed by atoms with Gasteiger partial charge in [-0.3, -0.25) is 0 Å². The summed E-state index contributed by atoms with van der Waals surface area (Å²) in [5, 5.41) is 3.43. The van der Waals surface area contributed by atoms with Gasteiger partial charge in [0.2, 0.25) is 0 Å². The average molecular weight is 213 g/mol. The normalized spacial score (nSPS) is 40.7. The van der Waals surface area contributed by atoms with Crippen molar-refractivity contribution in [3.8, 4) is 0 Å². The fraction of sp³-hybridized carbons (Fsp3) is 1.00. The van der Waals surface area contributed by atoms with E-state index in [4.69, 9.17) is 0 Å². The molecule has 3 atom stereocenters. The molecule has 2 bridgehead atoms. The summed E-state index contributed by atoms with van der Waals surface area (Å²) in [6.45, 7) is 1.26. The van der Waals surface area contributed by atoms with Gasteiger partial charge in [-0.05, 0) is 62.0 Å². The molecule has 0 aromatic heterocycles. The maximum Gasteiger partial charge on any atom is 0.000786 e. The van der Waals surface area contributed by atoms with E-state index in [0.29, 0.717) is 5.41 Å². The van der Waals surface area contributed by atoms with Gasteiger partial charge in [-0.15, -0.1) is 0 Å². The Balaban J connectivity index is 1.99. The Morgan fingerprint density at radius 1 is 1.43 bits per heavy atom. The van der Waals surface area contributed by atoms with E-state index < -0.39 is 0 Å². The molecule has 0 saturated heterocycles. The molecule has 2 rings (SSSR count). The average Bonchev–Trinajstić information content (AvgIpc) is 2.75. The molecule has 3 unspecified atom stereocenters. The molecule has 1 nitrogen and oxygen atoms in total. The quantitative estimate of drug-likeness (QED) is 0.753. The molecule has 0 aromatic carbocycles. The van der Waals surface area contributed by atoms with Gasteiger partial charge >= 0.3 is 0 Å². The molecule has 0 spiro atoms. The van der Waals surface area contributed by atoms with E-state index in [9.17, 15) is 0 Å². The van der Waals surface area contributed by atoms with E-state index in [2.05, 4.69) is 18.6 Å². The summed E-state index contributed by atoms with van der Waals surface area (Å²) in [7, 11) is 2.12. The number of hydrogen-bond donors (Lipinski definition) is 1. The molecule has 0 aromatic rings. The van der Waals surface area contributed by atoms with Gasteiger partial charge in [0.15, 0.2) is 0 Å². The van der Waals surface area contributed by atoms with Crippen molar-refractivity contribution in [2.75, 3.05) is 25.6 Å². The minimum Gasteiger partial charge on any atom is -0.319 e. The fourth-order valence-electron chi connectivity index (χ4n) is 3.83.